The number of hydrogen-bond acceptors (Lipinski definition) is 4. The zero-order chi connectivity index (χ0) is 33.5. The first-order chi connectivity index (χ1) is 23.4. The van der Waals surface area contributed by atoms with Crippen molar-refractivity contribution in [1.29, 1.82) is 0 Å². The number of carboxylic acid groups (broad SMARTS) is 1. The van der Waals surface area contributed by atoms with Gasteiger partial charge in [-0.15, -0.1) is 0 Å². The van der Waals surface area contributed by atoms with Crippen LogP contribution in [0.5, 0.6) is 5.75 Å². The molecule has 5 aromatic rings. The van der Waals surface area contributed by atoms with E-state index in [0.29, 0.717) is 19.6 Å². The first kappa shape index (κ1) is 33.2. The Morgan fingerprint density at radius 2 is 1.50 bits per heavy atom. The van der Waals surface area contributed by atoms with Gasteiger partial charge >= 0.3 is 5.97 Å². The second-order valence-electron chi connectivity index (χ2n) is 12.7. The molecule has 0 spiro atoms. The molecule has 0 radical (unpaired) electrons. The standard InChI is InChI=1S/C43H45NO4/c1-4-47-41(43(45)46)27-31-15-22-38(23-16-31)48-26-25-44(3)42-39-24-21-36(33-13-9-6-10-14-33)28-37(39)20-18-34-17-19-35(29-40(34)42)30(2)32-11-7-5-8-12-32/h5-17,19,21-24,28-30,41-42H,4,18,20,25-27H2,1-3H3,(H,45,46). The Labute approximate surface area is 284 Å². The zero-order valence-corrected chi connectivity index (χ0v) is 28.1. The van der Waals surface area contributed by atoms with Gasteiger partial charge in [0.15, 0.2) is 6.10 Å². The zero-order valence-electron chi connectivity index (χ0n) is 28.1. The van der Waals surface area contributed by atoms with E-state index in [1.54, 1.807) is 0 Å². The summed E-state index contributed by atoms with van der Waals surface area (Å²) in [5.41, 5.74) is 11.6. The number of aryl methyl sites for hydroxylation is 2. The van der Waals surface area contributed by atoms with E-state index in [0.717, 1.165) is 30.7 Å². The molecule has 0 saturated carbocycles. The van der Waals surface area contributed by atoms with E-state index < -0.39 is 12.1 Å². The third kappa shape index (κ3) is 7.70. The van der Waals surface area contributed by atoms with Crippen LogP contribution in [0.4, 0.5) is 0 Å². The van der Waals surface area contributed by atoms with Crippen molar-refractivity contribution in [2.24, 2.45) is 0 Å². The van der Waals surface area contributed by atoms with Gasteiger partial charge in [-0.1, -0.05) is 116 Å². The van der Waals surface area contributed by atoms with Gasteiger partial charge in [0.2, 0.25) is 0 Å². The summed E-state index contributed by atoms with van der Waals surface area (Å²) in [7, 11) is 2.20. The van der Waals surface area contributed by atoms with E-state index in [1.165, 1.54) is 44.5 Å². The molecule has 5 heteroatoms. The Hall–Kier alpha value is -4.71. The fourth-order valence-corrected chi connectivity index (χ4v) is 6.90. The Bertz CT molecular complexity index is 1800. The molecule has 1 N–H and O–H groups in total. The van der Waals surface area contributed by atoms with Crippen LogP contribution in [-0.2, 0) is 28.8 Å². The number of carbonyl (C=O) groups is 1. The molecule has 5 nitrogen and oxygen atoms in total. The monoisotopic (exact) mass is 639 g/mol. The van der Waals surface area contributed by atoms with Gasteiger partial charge in [0.05, 0.1) is 6.04 Å². The third-order valence-corrected chi connectivity index (χ3v) is 9.61. The van der Waals surface area contributed by atoms with E-state index in [9.17, 15) is 9.90 Å². The van der Waals surface area contributed by atoms with E-state index >= 15 is 0 Å². The SMILES string of the molecule is CCOC(Cc1ccc(OCCN(C)C2c3ccc(-c4ccccc4)cc3CCc3ccc(C(C)c4ccccc4)cc32)cc1)C(=O)O. The average molecular weight is 640 g/mol. The summed E-state index contributed by atoms with van der Waals surface area (Å²) in [6, 6.07) is 43.3. The maximum absolute atomic E-state index is 11.5. The summed E-state index contributed by atoms with van der Waals surface area (Å²) in [6.45, 7) is 5.72. The van der Waals surface area contributed by atoms with E-state index in [1.807, 2.05) is 31.2 Å². The average Bonchev–Trinajstić information content (AvgIpc) is 3.28. The second kappa shape index (κ2) is 15.5. The highest BCUT2D eigenvalue weighted by Gasteiger charge is 2.28. The summed E-state index contributed by atoms with van der Waals surface area (Å²) < 4.78 is 11.6. The van der Waals surface area contributed by atoms with Crippen LogP contribution in [0.3, 0.4) is 0 Å². The van der Waals surface area contributed by atoms with Gasteiger partial charge in [0.25, 0.3) is 0 Å². The second-order valence-corrected chi connectivity index (χ2v) is 12.7. The fraction of sp³-hybridized carbons (Fsp3) is 0.279. The molecule has 1 aliphatic carbocycles. The summed E-state index contributed by atoms with van der Waals surface area (Å²) in [6.07, 6.45) is 1.47. The van der Waals surface area contributed by atoms with Gasteiger partial charge in [0, 0.05) is 25.5 Å². The first-order valence-electron chi connectivity index (χ1n) is 17.0. The normalized spacial score (nSPS) is 15.2. The minimum atomic E-state index is -0.945. The molecule has 0 aromatic heterocycles. The number of fused-ring (bicyclic) bond motifs is 2. The molecule has 48 heavy (non-hydrogen) atoms. The van der Waals surface area contributed by atoms with Gasteiger partial charge in [-0.05, 0) is 89.0 Å². The Morgan fingerprint density at radius 3 is 2.21 bits per heavy atom. The Kier molecular flexibility index (Phi) is 10.7. The lowest BCUT2D eigenvalue weighted by Crippen LogP contribution is -2.30. The van der Waals surface area contributed by atoms with Crippen molar-refractivity contribution in [3.05, 3.63) is 160 Å². The highest BCUT2D eigenvalue weighted by Crippen LogP contribution is 2.39. The van der Waals surface area contributed by atoms with Crippen LogP contribution in [0.2, 0.25) is 0 Å². The highest BCUT2D eigenvalue weighted by molar-refractivity contribution is 5.72. The molecule has 0 saturated heterocycles. The van der Waals surface area contributed by atoms with Crippen molar-refractivity contribution in [1.82, 2.24) is 4.90 Å². The van der Waals surface area contributed by atoms with Gasteiger partial charge in [-0.25, -0.2) is 4.79 Å². The molecule has 6 rings (SSSR count). The summed E-state index contributed by atoms with van der Waals surface area (Å²) in [5, 5.41) is 9.44. The number of likely N-dealkylation sites (N-methyl/N-ethyl adjacent to an activating group) is 1. The Balaban J connectivity index is 1.25. The van der Waals surface area contributed by atoms with E-state index in [4.69, 9.17) is 9.47 Å². The van der Waals surface area contributed by atoms with Crippen molar-refractivity contribution in [3.63, 3.8) is 0 Å². The number of rotatable bonds is 13. The molecule has 0 bridgehead atoms. The van der Waals surface area contributed by atoms with Crippen LogP contribution in [0.25, 0.3) is 11.1 Å². The third-order valence-electron chi connectivity index (χ3n) is 9.61. The van der Waals surface area contributed by atoms with Gasteiger partial charge in [0.1, 0.15) is 12.4 Å². The maximum atomic E-state index is 11.5. The van der Waals surface area contributed by atoms with Crippen LogP contribution >= 0.6 is 0 Å². The van der Waals surface area contributed by atoms with E-state index in [-0.39, 0.29) is 12.0 Å². The number of nitrogens with zero attached hydrogens (tertiary/aromatic N) is 1. The molecule has 3 atom stereocenters. The summed E-state index contributed by atoms with van der Waals surface area (Å²) in [5.74, 6) is 0.111. The molecule has 0 aliphatic heterocycles. The van der Waals surface area contributed by atoms with Gasteiger partial charge in [-0.2, -0.15) is 0 Å². The number of carboxylic acids is 1. The molecular weight excluding hydrogens is 594 g/mol. The summed E-state index contributed by atoms with van der Waals surface area (Å²) in [4.78, 5) is 13.9. The van der Waals surface area contributed by atoms with Crippen LogP contribution in [0, 0.1) is 0 Å². The maximum Gasteiger partial charge on any atom is 0.333 e. The molecule has 0 amide bonds. The molecule has 246 valence electrons. The largest absolute Gasteiger partial charge is 0.492 e. The molecule has 3 unspecified atom stereocenters. The fourth-order valence-electron chi connectivity index (χ4n) is 6.90. The van der Waals surface area contributed by atoms with Crippen molar-refractivity contribution in [2.75, 3.05) is 26.8 Å². The minimum Gasteiger partial charge on any atom is -0.492 e. The van der Waals surface area contributed by atoms with Crippen molar-refractivity contribution < 1.29 is 19.4 Å². The molecular formula is C43H45NO4. The molecule has 0 heterocycles. The topological polar surface area (TPSA) is 59.0 Å². The number of aliphatic carboxylic acids is 1. The van der Waals surface area contributed by atoms with Crippen LogP contribution < -0.4 is 4.74 Å². The van der Waals surface area contributed by atoms with Crippen molar-refractivity contribution in [3.8, 4) is 16.9 Å². The van der Waals surface area contributed by atoms with Crippen molar-refractivity contribution >= 4 is 5.97 Å². The lowest BCUT2D eigenvalue weighted by molar-refractivity contribution is -0.149. The van der Waals surface area contributed by atoms with Gasteiger partial charge in [-0.3, -0.25) is 4.90 Å². The number of ether oxygens (including phenoxy) is 2. The van der Waals surface area contributed by atoms with E-state index in [2.05, 4.69) is 116 Å². The minimum absolute atomic E-state index is 0.0859. The number of hydrogen-bond donors (Lipinski definition) is 1. The van der Waals surface area contributed by atoms with Crippen molar-refractivity contribution in [2.45, 2.75) is 51.2 Å². The van der Waals surface area contributed by atoms with Crippen LogP contribution in [0.15, 0.2) is 121 Å². The van der Waals surface area contributed by atoms with Crippen LogP contribution in [-0.4, -0.2) is 48.9 Å². The summed E-state index contributed by atoms with van der Waals surface area (Å²) >= 11 is 0. The molecule has 1 aliphatic rings. The smallest absolute Gasteiger partial charge is 0.333 e. The highest BCUT2D eigenvalue weighted by atomic mass is 16.5. The predicted octanol–water partition coefficient (Wildman–Crippen LogP) is 8.74. The lowest BCUT2D eigenvalue weighted by atomic mass is 9.87. The number of benzene rings is 5. The molecule has 0 fully saturated rings. The molecule has 5 aromatic carbocycles. The predicted molar refractivity (Wildman–Crippen MR) is 193 cm³/mol. The quantitative estimate of drug-likeness (QED) is 0.140. The van der Waals surface area contributed by atoms with Gasteiger partial charge < -0.3 is 14.6 Å². The first-order valence-corrected chi connectivity index (χ1v) is 17.0. The van der Waals surface area contributed by atoms with Crippen LogP contribution in [0.1, 0.15) is 64.8 Å². The Morgan fingerprint density at radius 1 is 0.792 bits per heavy atom. The lowest BCUT2D eigenvalue weighted by Gasteiger charge is -2.31.